The number of nitrogens with zero attached hydrogens (tertiary/aromatic N) is 2. The van der Waals surface area contributed by atoms with Gasteiger partial charge in [0.2, 0.25) is 0 Å². The minimum Gasteiger partial charge on any atom is -0.480 e. The predicted octanol–water partition coefficient (Wildman–Crippen LogP) is 2.02. The zero-order valence-electron chi connectivity index (χ0n) is 11.8. The van der Waals surface area contributed by atoms with Crippen LogP contribution >= 0.6 is 0 Å². The van der Waals surface area contributed by atoms with Gasteiger partial charge in [0.15, 0.2) is 0 Å². The number of rotatable bonds is 7. The predicted molar refractivity (Wildman–Crippen MR) is 71.9 cm³/mol. The van der Waals surface area contributed by atoms with E-state index in [4.69, 9.17) is 5.11 Å². The molecule has 2 rings (SSSR count). The lowest BCUT2D eigenvalue weighted by Crippen LogP contribution is -2.49. The molecular formula is C14H24N2O3. The molecule has 2 amide bonds. The summed E-state index contributed by atoms with van der Waals surface area (Å²) in [5.74, 6) is 0.336. The van der Waals surface area contributed by atoms with Gasteiger partial charge in [-0.2, -0.15) is 0 Å². The highest BCUT2D eigenvalue weighted by Crippen LogP contribution is 2.34. The molecule has 0 aromatic carbocycles. The van der Waals surface area contributed by atoms with Gasteiger partial charge in [0.05, 0.1) is 0 Å². The van der Waals surface area contributed by atoms with Crippen LogP contribution in [0.1, 0.15) is 39.5 Å². The van der Waals surface area contributed by atoms with Gasteiger partial charge < -0.3 is 14.9 Å². The third-order valence-electron chi connectivity index (χ3n) is 3.80. The summed E-state index contributed by atoms with van der Waals surface area (Å²) in [6.45, 7) is 5.14. The Labute approximate surface area is 114 Å². The van der Waals surface area contributed by atoms with Crippen LogP contribution in [0.25, 0.3) is 0 Å². The van der Waals surface area contributed by atoms with E-state index >= 15 is 0 Å². The Morgan fingerprint density at radius 3 is 1.89 bits per heavy atom. The Kier molecular flexibility index (Phi) is 4.32. The lowest BCUT2D eigenvalue weighted by molar-refractivity contribution is -0.138. The van der Waals surface area contributed by atoms with E-state index in [0.29, 0.717) is 11.8 Å². The first-order valence-corrected chi connectivity index (χ1v) is 7.24. The fourth-order valence-electron chi connectivity index (χ4n) is 2.25. The summed E-state index contributed by atoms with van der Waals surface area (Å²) in [7, 11) is 0. The molecule has 0 aromatic heterocycles. The van der Waals surface area contributed by atoms with Crippen LogP contribution in [-0.4, -0.2) is 52.6 Å². The van der Waals surface area contributed by atoms with Crippen molar-refractivity contribution in [2.75, 3.05) is 19.6 Å². The second-order valence-electron chi connectivity index (χ2n) is 6.19. The fraction of sp³-hybridized carbons (Fsp3) is 0.857. The Morgan fingerprint density at radius 2 is 1.58 bits per heavy atom. The number of carbonyl (C=O) groups is 2. The van der Waals surface area contributed by atoms with Crippen molar-refractivity contribution in [1.29, 1.82) is 0 Å². The van der Waals surface area contributed by atoms with Crippen LogP contribution in [0.5, 0.6) is 0 Å². The van der Waals surface area contributed by atoms with E-state index in [9.17, 15) is 9.59 Å². The molecule has 0 atom stereocenters. The quantitative estimate of drug-likeness (QED) is 0.768. The first-order valence-electron chi connectivity index (χ1n) is 7.24. The molecule has 0 aliphatic heterocycles. The van der Waals surface area contributed by atoms with Gasteiger partial charge in [0, 0.05) is 19.1 Å². The van der Waals surface area contributed by atoms with Crippen LogP contribution in [0.4, 0.5) is 4.79 Å². The first-order chi connectivity index (χ1) is 8.97. The monoisotopic (exact) mass is 268 g/mol. The van der Waals surface area contributed by atoms with Crippen molar-refractivity contribution in [2.45, 2.75) is 45.6 Å². The number of carboxylic acids is 1. The third-order valence-corrected chi connectivity index (χ3v) is 3.80. The molecule has 5 nitrogen and oxygen atoms in total. The summed E-state index contributed by atoms with van der Waals surface area (Å²) in [5.41, 5.74) is 0. The van der Waals surface area contributed by atoms with Gasteiger partial charge in [-0.1, -0.05) is 0 Å². The minimum atomic E-state index is -0.945. The van der Waals surface area contributed by atoms with Crippen LogP contribution in [0.3, 0.4) is 0 Å². The Morgan fingerprint density at radius 1 is 1.11 bits per heavy atom. The highest BCUT2D eigenvalue weighted by atomic mass is 16.4. The van der Waals surface area contributed by atoms with Gasteiger partial charge in [0.25, 0.3) is 0 Å². The molecular weight excluding hydrogens is 244 g/mol. The summed E-state index contributed by atoms with van der Waals surface area (Å²) in [5, 5.41) is 8.94. The Hall–Kier alpha value is -1.26. The molecule has 0 spiro atoms. The molecule has 0 radical (unpaired) electrons. The molecule has 0 aromatic rings. The molecule has 2 saturated carbocycles. The molecule has 2 aliphatic carbocycles. The van der Waals surface area contributed by atoms with Gasteiger partial charge in [-0.15, -0.1) is 0 Å². The zero-order chi connectivity index (χ0) is 14.0. The average Bonchev–Trinajstić information content (AvgIpc) is 3.17. The number of carbonyl (C=O) groups excluding carboxylic acids is 1. The highest BCUT2D eigenvalue weighted by Gasteiger charge is 2.34. The maximum absolute atomic E-state index is 12.5. The number of urea groups is 1. The van der Waals surface area contributed by atoms with Gasteiger partial charge in [-0.05, 0) is 51.4 Å². The van der Waals surface area contributed by atoms with E-state index in [-0.39, 0.29) is 18.6 Å². The number of amides is 2. The molecule has 2 aliphatic rings. The van der Waals surface area contributed by atoms with Crippen LogP contribution < -0.4 is 0 Å². The van der Waals surface area contributed by atoms with Gasteiger partial charge in [-0.3, -0.25) is 4.79 Å². The Bertz CT molecular complexity index is 335. The van der Waals surface area contributed by atoms with Crippen LogP contribution in [0, 0.1) is 11.8 Å². The Balaban J connectivity index is 1.98. The van der Waals surface area contributed by atoms with E-state index in [1.165, 1.54) is 30.6 Å². The van der Waals surface area contributed by atoms with Crippen molar-refractivity contribution in [3.05, 3.63) is 0 Å². The normalized spacial score (nSPS) is 18.5. The van der Waals surface area contributed by atoms with Crippen molar-refractivity contribution in [2.24, 2.45) is 11.8 Å². The second kappa shape index (κ2) is 5.80. The molecule has 19 heavy (non-hydrogen) atoms. The first kappa shape index (κ1) is 14.2. The molecule has 5 heteroatoms. The lowest BCUT2D eigenvalue weighted by atomic mass is 10.3. The summed E-state index contributed by atoms with van der Waals surface area (Å²) in [4.78, 5) is 26.8. The summed E-state index contributed by atoms with van der Waals surface area (Å²) >= 11 is 0. The van der Waals surface area contributed by atoms with Gasteiger partial charge in [-0.25, -0.2) is 4.79 Å². The maximum Gasteiger partial charge on any atom is 0.323 e. The van der Waals surface area contributed by atoms with E-state index in [1.54, 1.807) is 0 Å². The molecule has 0 unspecified atom stereocenters. The summed E-state index contributed by atoms with van der Waals surface area (Å²) in [6.07, 6.45) is 4.81. The van der Waals surface area contributed by atoms with E-state index in [1.807, 2.05) is 18.7 Å². The van der Waals surface area contributed by atoms with Crippen molar-refractivity contribution >= 4 is 12.0 Å². The molecule has 108 valence electrons. The van der Waals surface area contributed by atoms with Crippen molar-refractivity contribution in [3.8, 4) is 0 Å². The molecule has 0 saturated heterocycles. The zero-order valence-corrected chi connectivity index (χ0v) is 11.8. The van der Waals surface area contributed by atoms with Gasteiger partial charge >= 0.3 is 12.0 Å². The van der Waals surface area contributed by atoms with E-state index in [2.05, 4.69) is 0 Å². The summed E-state index contributed by atoms with van der Waals surface area (Å²) in [6, 6.07) is -0.180. The smallest absolute Gasteiger partial charge is 0.323 e. The number of hydrogen-bond donors (Lipinski definition) is 1. The average molecular weight is 268 g/mol. The lowest BCUT2D eigenvalue weighted by Gasteiger charge is -2.32. The molecule has 0 bridgehead atoms. The second-order valence-corrected chi connectivity index (χ2v) is 6.19. The highest BCUT2D eigenvalue weighted by molar-refractivity contribution is 5.80. The standard InChI is InChI=1S/C14H24N2O3/c1-10(2)16(9-13(17)18)14(19)15(7-11-3-4-11)8-12-5-6-12/h10-12H,3-9H2,1-2H3,(H,17,18). The van der Waals surface area contributed by atoms with Crippen LogP contribution in [-0.2, 0) is 4.79 Å². The molecule has 0 heterocycles. The topological polar surface area (TPSA) is 60.9 Å². The largest absolute Gasteiger partial charge is 0.480 e. The van der Waals surface area contributed by atoms with Crippen molar-refractivity contribution in [3.63, 3.8) is 0 Å². The molecule has 1 N–H and O–H groups in total. The van der Waals surface area contributed by atoms with Crippen LogP contribution in [0.15, 0.2) is 0 Å². The third kappa shape index (κ3) is 4.40. The number of hydrogen-bond acceptors (Lipinski definition) is 2. The number of aliphatic carboxylic acids is 1. The van der Waals surface area contributed by atoms with Gasteiger partial charge in [0.1, 0.15) is 6.54 Å². The van der Waals surface area contributed by atoms with Crippen molar-refractivity contribution < 1.29 is 14.7 Å². The van der Waals surface area contributed by atoms with Crippen LogP contribution in [0.2, 0.25) is 0 Å². The van der Waals surface area contributed by atoms with E-state index < -0.39 is 5.97 Å². The summed E-state index contributed by atoms with van der Waals surface area (Å²) < 4.78 is 0. The minimum absolute atomic E-state index is 0.0792. The SMILES string of the molecule is CC(C)N(CC(=O)O)C(=O)N(CC1CC1)CC1CC1. The fourth-order valence-corrected chi connectivity index (χ4v) is 2.25. The van der Waals surface area contributed by atoms with E-state index in [0.717, 1.165) is 13.1 Å². The number of carboxylic acid groups (broad SMARTS) is 1. The molecule has 2 fully saturated rings. The maximum atomic E-state index is 12.5. The van der Waals surface area contributed by atoms with Crippen molar-refractivity contribution in [1.82, 2.24) is 9.80 Å².